The zero-order chi connectivity index (χ0) is 8.81. The summed E-state index contributed by atoms with van der Waals surface area (Å²) in [7, 11) is 0. The quantitative estimate of drug-likeness (QED) is 0.421. The standard InChI is InChI=1S/C8H13NO3/c10-4-1-8(11)7-9-2-5-12-6-3-9/h4H,1-3,5-7H2. The first-order valence-electron chi connectivity index (χ1n) is 4.08. The summed E-state index contributed by atoms with van der Waals surface area (Å²) >= 11 is 0. The van der Waals surface area contributed by atoms with Gasteiger partial charge in [0.05, 0.1) is 26.2 Å². The maximum absolute atomic E-state index is 11.0. The van der Waals surface area contributed by atoms with Crippen molar-refractivity contribution >= 4 is 12.1 Å². The number of aldehydes is 1. The Morgan fingerprint density at radius 3 is 2.67 bits per heavy atom. The maximum Gasteiger partial charge on any atom is 0.153 e. The van der Waals surface area contributed by atoms with E-state index in [0.717, 1.165) is 13.1 Å². The molecule has 1 aliphatic heterocycles. The van der Waals surface area contributed by atoms with Crippen LogP contribution >= 0.6 is 0 Å². The van der Waals surface area contributed by atoms with Gasteiger partial charge in [0.2, 0.25) is 0 Å². The van der Waals surface area contributed by atoms with E-state index in [-0.39, 0.29) is 12.2 Å². The van der Waals surface area contributed by atoms with Gasteiger partial charge in [-0.15, -0.1) is 0 Å². The van der Waals surface area contributed by atoms with E-state index in [2.05, 4.69) is 0 Å². The lowest BCUT2D eigenvalue weighted by Crippen LogP contribution is -2.39. The third-order valence-corrected chi connectivity index (χ3v) is 1.81. The molecule has 4 nitrogen and oxygen atoms in total. The van der Waals surface area contributed by atoms with Gasteiger partial charge in [-0.3, -0.25) is 9.69 Å². The van der Waals surface area contributed by atoms with Gasteiger partial charge in [-0.05, 0) is 0 Å². The number of hydrogen-bond acceptors (Lipinski definition) is 4. The van der Waals surface area contributed by atoms with Crippen LogP contribution in [-0.2, 0) is 14.3 Å². The number of morpholine rings is 1. The van der Waals surface area contributed by atoms with E-state index < -0.39 is 0 Å². The number of carbonyl (C=O) groups excluding carboxylic acids is 2. The normalized spacial score (nSPS) is 19.0. The lowest BCUT2D eigenvalue weighted by Gasteiger charge is -2.25. The molecule has 0 aromatic rings. The number of ketones is 1. The topological polar surface area (TPSA) is 46.6 Å². The third kappa shape index (κ3) is 3.11. The minimum absolute atomic E-state index is 0.00750. The van der Waals surface area contributed by atoms with Crippen molar-refractivity contribution in [1.82, 2.24) is 4.90 Å². The largest absolute Gasteiger partial charge is 0.379 e. The molecule has 12 heavy (non-hydrogen) atoms. The molecule has 0 spiro atoms. The SMILES string of the molecule is O=CCC(=O)CN1CCOCC1. The highest BCUT2D eigenvalue weighted by Crippen LogP contribution is 1.96. The van der Waals surface area contributed by atoms with Crippen LogP contribution < -0.4 is 0 Å². The summed E-state index contributed by atoms with van der Waals surface area (Å²) in [6, 6.07) is 0. The van der Waals surface area contributed by atoms with Gasteiger partial charge < -0.3 is 9.53 Å². The Hall–Kier alpha value is -0.740. The lowest BCUT2D eigenvalue weighted by molar-refractivity contribution is -0.123. The fourth-order valence-electron chi connectivity index (χ4n) is 1.17. The number of carbonyl (C=O) groups is 2. The van der Waals surface area contributed by atoms with E-state index in [0.29, 0.717) is 26.0 Å². The molecule has 0 saturated carbocycles. The Kier molecular flexibility index (Phi) is 3.90. The summed E-state index contributed by atoms with van der Waals surface area (Å²) in [5.41, 5.74) is 0. The Labute approximate surface area is 71.5 Å². The van der Waals surface area contributed by atoms with E-state index in [1.807, 2.05) is 4.90 Å². The van der Waals surface area contributed by atoms with Gasteiger partial charge in [-0.25, -0.2) is 0 Å². The summed E-state index contributed by atoms with van der Waals surface area (Å²) < 4.78 is 5.12. The zero-order valence-electron chi connectivity index (χ0n) is 6.99. The van der Waals surface area contributed by atoms with E-state index in [4.69, 9.17) is 4.74 Å². The number of hydrogen-bond donors (Lipinski definition) is 0. The molecule has 1 heterocycles. The first-order valence-corrected chi connectivity index (χ1v) is 4.08. The average molecular weight is 171 g/mol. The highest BCUT2D eigenvalue weighted by atomic mass is 16.5. The molecule has 68 valence electrons. The van der Waals surface area contributed by atoms with Crippen LogP contribution in [0.2, 0.25) is 0 Å². The molecule has 0 N–H and O–H groups in total. The Bertz CT molecular complexity index is 164. The van der Waals surface area contributed by atoms with Crippen LogP contribution in [-0.4, -0.2) is 49.8 Å². The second-order valence-corrected chi connectivity index (χ2v) is 2.80. The molecule has 4 heteroatoms. The van der Waals surface area contributed by atoms with Crippen molar-refractivity contribution in [2.45, 2.75) is 6.42 Å². The molecule has 1 rings (SSSR count). The van der Waals surface area contributed by atoms with Crippen LogP contribution in [0, 0.1) is 0 Å². The first-order chi connectivity index (χ1) is 5.83. The van der Waals surface area contributed by atoms with Gasteiger partial charge in [-0.1, -0.05) is 0 Å². The van der Waals surface area contributed by atoms with Crippen molar-refractivity contribution in [1.29, 1.82) is 0 Å². The summed E-state index contributed by atoms with van der Waals surface area (Å²) in [4.78, 5) is 23.0. The molecule has 0 aliphatic carbocycles. The van der Waals surface area contributed by atoms with Crippen LogP contribution in [0.25, 0.3) is 0 Å². The Morgan fingerprint density at radius 1 is 1.42 bits per heavy atom. The Morgan fingerprint density at radius 2 is 2.08 bits per heavy atom. The van der Waals surface area contributed by atoms with Crippen LogP contribution in [0.1, 0.15) is 6.42 Å². The van der Waals surface area contributed by atoms with Gasteiger partial charge in [0.25, 0.3) is 0 Å². The van der Waals surface area contributed by atoms with Gasteiger partial charge >= 0.3 is 0 Å². The minimum atomic E-state index is -0.00750. The van der Waals surface area contributed by atoms with Crippen molar-refractivity contribution in [3.05, 3.63) is 0 Å². The monoisotopic (exact) mass is 171 g/mol. The molecule has 0 aromatic heterocycles. The van der Waals surface area contributed by atoms with Gasteiger partial charge in [-0.2, -0.15) is 0 Å². The van der Waals surface area contributed by atoms with Gasteiger partial charge in [0.15, 0.2) is 5.78 Å². The molecular formula is C8H13NO3. The molecule has 0 unspecified atom stereocenters. The van der Waals surface area contributed by atoms with Crippen LogP contribution in [0.15, 0.2) is 0 Å². The predicted octanol–water partition coefficient (Wildman–Crippen LogP) is -0.523. The van der Waals surface area contributed by atoms with Gasteiger partial charge in [0, 0.05) is 13.1 Å². The first kappa shape index (κ1) is 9.35. The van der Waals surface area contributed by atoms with Crippen LogP contribution in [0.3, 0.4) is 0 Å². The summed E-state index contributed by atoms with van der Waals surface area (Å²) in [5, 5.41) is 0. The number of ether oxygens (including phenoxy) is 1. The van der Waals surface area contributed by atoms with E-state index in [9.17, 15) is 9.59 Å². The maximum atomic E-state index is 11.0. The fraction of sp³-hybridized carbons (Fsp3) is 0.750. The lowest BCUT2D eigenvalue weighted by atomic mass is 10.3. The van der Waals surface area contributed by atoms with Crippen LogP contribution in [0.4, 0.5) is 0 Å². The summed E-state index contributed by atoms with van der Waals surface area (Å²) in [6.45, 7) is 3.36. The molecule has 1 saturated heterocycles. The van der Waals surface area contributed by atoms with E-state index >= 15 is 0 Å². The summed E-state index contributed by atoms with van der Waals surface area (Å²) in [6.07, 6.45) is 0.695. The fourth-order valence-corrected chi connectivity index (χ4v) is 1.17. The second-order valence-electron chi connectivity index (χ2n) is 2.80. The van der Waals surface area contributed by atoms with E-state index in [1.54, 1.807) is 0 Å². The number of Topliss-reactive ketones (excluding diaryl/α,β-unsaturated/α-hetero) is 1. The van der Waals surface area contributed by atoms with Crippen molar-refractivity contribution in [2.24, 2.45) is 0 Å². The van der Waals surface area contributed by atoms with Gasteiger partial charge in [0.1, 0.15) is 6.29 Å². The molecule has 1 fully saturated rings. The number of nitrogens with zero attached hydrogens (tertiary/aromatic N) is 1. The van der Waals surface area contributed by atoms with Crippen molar-refractivity contribution in [2.75, 3.05) is 32.8 Å². The molecule has 1 aliphatic rings. The molecule has 0 bridgehead atoms. The zero-order valence-corrected chi connectivity index (χ0v) is 6.99. The number of rotatable bonds is 4. The minimum Gasteiger partial charge on any atom is -0.379 e. The third-order valence-electron chi connectivity index (χ3n) is 1.81. The summed E-state index contributed by atoms with van der Waals surface area (Å²) in [5.74, 6) is -0.00750. The average Bonchev–Trinajstić information content (AvgIpc) is 2.06. The molecular weight excluding hydrogens is 158 g/mol. The predicted molar refractivity (Wildman–Crippen MR) is 42.9 cm³/mol. The van der Waals surface area contributed by atoms with E-state index in [1.165, 1.54) is 0 Å². The highest BCUT2D eigenvalue weighted by molar-refractivity contribution is 5.91. The van der Waals surface area contributed by atoms with Crippen molar-refractivity contribution in [3.63, 3.8) is 0 Å². The molecule has 0 amide bonds. The second kappa shape index (κ2) is 5.00. The smallest absolute Gasteiger partial charge is 0.153 e. The van der Waals surface area contributed by atoms with Crippen molar-refractivity contribution in [3.8, 4) is 0 Å². The Balaban J connectivity index is 2.19. The van der Waals surface area contributed by atoms with Crippen molar-refractivity contribution < 1.29 is 14.3 Å². The molecule has 0 radical (unpaired) electrons. The molecule has 0 aromatic carbocycles. The molecule has 0 atom stereocenters. The van der Waals surface area contributed by atoms with Crippen LogP contribution in [0.5, 0.6) is 0 Å². The highest BCUT2D eigenvalue weighted by Gasteiger charge is 2.13.